The van der Waals surface area contributed by atoms with Gasteiger partial charge in [-0.25, -0.2) is 4.39 Å². The summed E-state index contributed by atoms with van der Waals surface area (Å²) in [5.74, 6) is -1.59. The van der Waals surface area contributed by atoms with E-state index in [-0.39, 0.29) is 29.2 Å². The topological polar surface area (TPSA) is 106 Å². The van der Waals surface area contributed by atoms with E-state index in [9.17, 15) is 27.9 Å². The number of rotatable bonds is 6. The monoisotopic (exact) mass is 492 g/mol. The Labute approximate surface area is 198 Å². The Morgan fingerprint density at radius 2 is 1.77 bits per heavy atom. The highest BCUT2D eigenvalue weighted by atomic mass is 19.3. The van der Waals surface area contributed by atoms with E-state index >= 15 is 0 Å². The number of hydrogen-bond acceptors (Lipinski definition) is 6. The first-order chi connectivity index (χ1) is 16.6. The third-order valence-corrected chi connectivity index (χ3v) is 6.92. The Bertz CT molecular complexity index is 1170. The Balaban J connectivity index is 1.17. The summed E-state index contributed by atoms with van der Waals surface area (Å²) < 4.78 is 53.9. The molecule has 1 unspecified atom stereocenters. The maximum Gasteiger partial charge on any atom is 0.586 e. The second-order valence-corrected chi connectivity index (χ2v) is 9.23. The highest BCUT2D eigenvalue weighted by Crippen LogP contribution is 2.47. The van der Waals surface area contributed by atoms with Crippen LogP contribution in [-0.4, -0.2) is 47.0 Å². The van der Waals surface area contributed by atoms with Gasteiger partial charge >= 0.3 is 6.29 Å². The molecule has 1 aliphatic heterocycles. The van der Waals surface area contributed by atoms with Crippen molar-refractivity contribution in [3.63, 3.8) is 0 Å². The number of halogens is 3. The molecule has 3 fully saturated rings. The number of ether oxygens (including phenoxy) is 3. The Kier molecular flexibility index (Phi) is 5.54. The van der Waals surface area contributed by atoms with Gasteiger partial charge in [-0.05, 0) is 62.4 Å². The molecular formula is C24H23F3N2O6. The normalized spacial score (nSPS) is 27.8. The zero-order valence-electron chi connectivity index (χ0n) is 18.5. The molecule has 2 amide bonds. The zero-order valence-corrected chi connectivity index (χ0v) is 18.5. The van der Waals surface area contributed by atoms with Gasteiger partial charge in [-0.3, -0.25) is 9.59 Å². The molecule has 2 aromatic carbocycles. The van der Waals surface area contributed by atoms with Crippen molar-refractivity contribution in [2.45, 2.75) is 55.6 Å². The molecular weight excluding hydrogens is 469 g/mol. The fraction of sp³-hybridized carbons (Fsp3) is 0.417. The van der Waals surface area contributed by atoms with E-state index in [2.05, 4.69) is 20.1 Å². The maximum atomic E-state index is 13.5. The average molecular weight is 492 g/mol. The standard InChI is InChI=1S/C24H23F3N2O6/c25-15-3-1-2-14(10-15)21(32)29-22-6-8-23(9-7-22,19(30)12-22)28-20(31)13-33-16-4-5-17-18(11-16)35-24(26,27)34-17/h1-5,10-11,19,30H,6-9,12-13H2,(H,28,31)(H,29,32). The van der Waals surface area contributed by atoms with E-state index in [0.717, 1.165) is 6.07 Å². The van der Waals surface area contributed by atoms with Crippen molar-refractivity contribution in [2.75, 3.05) is 6.61 Å². The van der Waals surface area contributed by atoms with Gasteiger partial charge in [0.1, 0.15) is 11.6 Å². The first kappa shape index (κ1) is 23.3. The summed E-state index contributed by atoms with van der Waals surface area (Å²) in [5, 5.41) is 16.7. The van der Waals surface area contributed by atoms with Crippen molar-refractivity contribution in [2.24, 2.45) is 0 Å². The molecule has 0 spiro atoms. The second kappa shape index (κ2) is 8.33. The number of benzene rings is 2. The van der Waals surface area contributed by atoms with Crippen LogP contribution in [0.15, 0.2) is 42.5 Å². The highest BCUT2D eigenvalue weighted by molar-refractivity contribution is 5.94. The predicted molar refractivity (Wildman–Crippen MR) is 115 cm³/mol. The number of carbonyl (C=O) groups is 2. The van der Waals surface area contributed by atoms with Crippen LogP contribution in [0.25, 0.3) is 0 Å². The van der Waals surface area contributed by atoms with Crippen molar-refractivity contribution < 1.29 is 42.1 Å². The smallest absolute Gasteiger partial charge is 0.484 e. The number of carbonyl (C=O) groups excluding carboxylic acids is 2. The van der Waals surface area contributed by atoms with E-state index in [0.29, 0.717) is 25.7 Å². The second-order valence-electron chi connectivity index (χ2n) is 9.23. The summed E-state index contributed by atoms with van der Waals surface area (Å²) >= 11 is 0. The number of fused-ring (bicyclic) bond motifs is 4. The van der Waals surface area contributed by atoms with Crippen LogP contribution in [0, 0.1) is 5.82 Å². The molecule has 35 heavy (non-hydrogen) atoms. The van der Waals surface area contributed by atoms with Crippen molar-refractivity contribution in [1.29, 1.82) is 0 Å². The highest BCUT2D eigenvalue weighted by Gasteiger charge is 2.55. The molecule has 1 heterocycles. The van der Waals surface area contributed by atoms with E-state index in [1.807, 2.05) is 0 Å². The number of alkyl halides is 2. The van der Waals surface area contributed by atoms with Crippen LogP contribution in [-0.2, 0) is 4.79 Å². The zero-order chi connectivity index (χ0) is 24.8. The Morgan fingerprint density at radius 3 is 2.49 bits per heavy atom. The molecule has 1 atom stereocenters. The molecule has 2 bridgehead atoms. The summed E-state index contributed by atoms with van der Waals surface area (Å²) in [7, 11) is 0. The van der Waals surface area contributed by atoms with Crippen LogP contribution in [0.3, 0.4) is 0 Å². The van der Waals surface area contributed by atoms with Gasteiger partial charge in [-0.1, -0.05) is 6.07 Å². The van der Waals surface area contributed by atoms with Gasteiger partial charge in [0.05, 0.1) is 11.6 Å². The minimum atomic E-state index is -3.75. The lowest BCUT2D eigenvalue weighted by Gasteiger charge is -2.56. The first-order valence-corrected chi connectivity index (χ1v) is 11.2. The molecule has 6 rings (SSSR count). The maximum absolute atomic E-state index is 13.5. The van der Waals surface area contributed by atoms with Gasteiger partial charge < -0.3 is 30.0 Å². The fourth-order valence-electron chi connectivity index (χ4n) is 5.09. The van der Waals surface area contributed by atoms with E-state index < -0.39 is 47.7 Å². The van der Waals surface area contributed by atoms with Gasteiger partial charge in [-0.15, -0.1) is 8.78 Å². The number of amides is 2. The molecule has 0 aromatic heterocycles. The number of nitrogens with one attached hydrogen (secondary N) is 2. The minimum Gasteiger partial charge on any atom is -0.484 e. The van der Waals surface area contributed by atoms with Crippen LogP contribution >= 0.6 is 0 Å². The van der Waals surface area contributed by atoms with Crippen molar-refractivity contribution in [3.8, 4) is 17.2 Å². The van der Waals surface area contributed by atoms with Crippen LogP contribution in [0.1, 0.15) is 42.5 Å². The van der Waals surface area contributed by atoms with Crippen LogP contribution in [0.2, 0.25) is 0 Å². The molecule has 3 saturated carbocycles. The summed E-state index contributed by atoms with van der Waals surface area (Å²) in [6.45, 7) is -0.397. The molecule has 11 heteroatoms. The Morgan fingerprint density at radius 1 is 1.03 bits per heavy atom. The van der Waals surface area contributed by atoms with Crippen LogP contribution < -0.4 is 24.8 Å². The van der Waals surface area contributed by atoms with Crippen molar-refractivity contribution in [1.82, 2.24) is 10.6 Å². The van der Waals surface area contributed by atoms with Crippen LogP contribution in [0.4, 0.5) is 13.2 Å². The summed E-state index contributed by atoms with van der Waals surface area (Å²) in [4.78, 5) is 25.2. The molecule has 0 radical (unpaired) electrons. The third-order valence-electron chi connectivity index (χ3n) is 6.92. The summed E-state index contributed by atoms with van der Waals surface area (Å²) in [6, 6.07) is 9.23. The average Bonchev–Trinajstić information content (AvgIpc) is 3.12. The van der Waals surface area contributed by atoms with Gasteiger partial charge in [0.2, 0.25) is 0 Å². The van der Waals surface area contributed by atoms with E-state index in [4.69, 9.17) is 4.74 Å². The fourth-order valence-corrected chi connectivity index (χ4v) is 5.09. The van der Waals surface area contributed by atoms with Gasteiger partial charge in [-0.2, -0.15) is 0 Å². The molecule has 3 N–H and O–H groups in total. The minimum absolute atomic E-state index is 0.133. The lowest BCUT2D eigenvalue weighted by molar-refractivity contribution is -0.286. The van der Waals surface area contributed by atoms with Crippen molar-refractivity contribution in [3.05, 3.63) is 53.8 Å². The number of aliphatic hydroxyl groups excluding tert-OH is 1. The largest absolute Gasteiger partial charge is 0.586 e. The van der Waals surface area contributed by atoms with E-state index in [1.165, 1.54) is 36.4 Å². The molecule has 8 nitrogen and oxygen atoms in total. The summed E-state index contributed by atoms with van der Waals surface area (Å²) in [5.41, 5.74) is -1.29. The predicted octanol–water partition coefficient (Wildman–Crippen LogP) is 2.89. The lowest BCUT2D eigenvalue weighted by Crippen LogP contribution is -2.70. The SMILES string of the molecule is O=C(COc1ccc2c(c1)OC(F)(F)O2)NC12CCC(NC(=O)c3cccc(F)c3)(CC1)CC2O. The van der Waals surface area contributed by atoms with Gasteiger partial charge in [0, 0.05) is 17.2 Å². The molecule has 4 aliphatic rings. The van der Waals surface area contributed by atoms with Gasteiger partial charge in [0.25, 0.3) is 11.8 Å². The first-order valence-electron chi connectivity index (χ1n) is 11.2. The van der Waals surface area contributed by atoms with Gasteiger partial charge in [0.15, 0.2) is 18.1 Å². The van der Waals surface area contributed by atoms with E-state index in [1.54, 1.807) is 0 Å². The quantitative estimate of drug-likeness (QED) is 0.573. The molecule has 0 saturated heterocycles. The molecule has 2 aromatic rings. The summed E-state index contributed by atoms with van der Waals surface area (Å²) in [6.07, 6.45) is -2.49. The lowest BCUT2D eigenvalue weighted by atomic mass is 9.60. The number of aliphatic hydroxyl groups is 1. The van der Waals surface area contributed by atoms with Crippen molar-refractivity contribution >= 4 is 11.8 Å². The molecule has 3 aliphatic carbocycles. The number of hydrogen-bond donors (Lipinski definition) is 3. The molecule has 186 valence electrons. The third kappa shape index (κ3) is 4.60. The van der Waals surface area contributed by atoms with Crippen LogP contribution in [0.5, 0.6) is 17.2 Å². The Hall–Kier alpha value is -3.47.